The zero-order valence-electron chi connectivity index (χ0n) is 29.6. The van der Waals surface area contributed by atoms with E-state index in [9.17, 15) is 29.7 Å². The van der Waals surface area contributed by atoms with E-state index in [4.69, 9.17) is 42.6 Å². The molecule has 3 aliphatic heterocycles. The normalized spacial score (nSPS) is 13.1. The molecule has 0 unspecified atom stereocenters. The van der Waals surface area contributed by atoms with Gasteiger partial charge < -0.3 is 58.0 Å². The first-order chi connectivity index (χ1) is 27.6. The molecule has 0 bridgehead atoms. The molecule has 0 saturated carbocycles. The summed E-state index contributed by atoms with van der Waals surface area (Å²) in [5, 5.41) is 29.5. The number of para-hydroxylation sites is 2. The monoisotopic (exact) mass is 778 g/mol. The van der Waals surface area contributed by atoms with Gasteiger partial charge in [-0.1, -0.05) is 18.2 Å². The highest BCUT2D eigenvalue weighted by Gasteiger charge is 2.33. The van der Waals surface area contributed by atoms with Crippen molar-refractivity contribution in [3.05, 3.63) is 107 Å². The lowest BCUT2D eigenvalue weighted by molar-refractivity contribution is -0.138. The molecule has 3 heterocycles. The van der Waals surface area contributed by atoms with Gasteiger partial charge >= 0.3 is 17.9 Å². The molecule has 290 valence electrons. The fourth-order valence-electron chi connectivity index (χ4n) is 6.37. The Hall–Kier alpha value is -7.62. The van der Waals surface area contributed by atoms with Crippen molar-refractivity contribution in [1.29, 1.82) is 0 Å². The number of carbonyl (C=O) groups is 4. The van der Waals surface area contributed by atoms with Gasteiger partial charge in [-0.25, -0.2) is 4.79 Å². The highest BCUT2D eigenvalue weighted by molar-refractivity contribution is 6.18. The van der Waals surface area contributed by atoms with Crippen LogP contribution < -0.4 is 42.6 Å². The molecule has 57 heavy (non-hydrogen) atoms. The van der Waals surface area contributed by atoms with E-state index < -0.39 is 29.3 Å². The van der Waals surface area contributed by atoms with Crippen LogP contribution >= 0.6 is 0 Å². The van der Waals surface area contributed by atoms with Gasteiger partial charge in [0, 0.05) is 30.5 Å². The van der Waals surface area contributed by atoms with Gasteiger partial charge in [0.1, 0.15) is 34.1 Å². The van der Waals surface area contributed by atoms with E-state index in [0.717, 1.165) is 0 Å². The standard InChI is InChI=1S/C41H30O16/c42-35(43)12-8-21-14-31-33(53-19-51-31)16-29(21)55-26-7-3-4-23(37(26)41(47)48)39(46)38-27(10-11-28-40(38)57-25-6-2-1-5-24(25)49-18-50-28)56-30-17-34-32(52-20-54-34)15-22(30)9-13-36(44)45/h1-7,10-11,14-17H,8-9,12-13,18-20H2,(H,42,43)(H,44,45)(H,47,48). The fourth-order valence-corrected chi connectivity index (χ4v) is 6.37. The zero-order valence-corrected chi connectivity index (χ0v) is 29.6. The summed E-state index contributed by atoms with van der Waals surface area (Å²) in [4.78, 5) is 51.2. The van der Waals surface area contributed by atoms with Crippen molar-refractivity contribution in [3.8, 4) is 69.0 Å². The summed E-state index contributed by atoms with van der Waals surface area (Å²) in [5.74, 6) is -2.85. The fraction of sp³-hybridized carbons (Fsp3) is 0.171. The van der Waals surface area contributed by atoms with Gasteiger partial charge in [-0.2, -0.15) is 0 Å². The predicted molar refractivity (Wildman–Crippen MR) is 193 cm³/mol. The van der Waals surface area contributed by atoms with Crippen molar-refractivity contribution >= 4 is 23.7 Å². The van der Waals surface area contributed by atoms with Crippen LogP contribution in [0.5, 0.6) is 69.0 Å². The van der Waals surface area contributed by atoms with Crippen molar-refractivity contribution in [2.45, 2.75) is 25.7 Å². The molecule has 0 saturated heterocycles. The zero-order chi connectivity index (χ0) is 39.6. The first kappa shape index (κ1) is 36.4. The molecule has 16 nitrogen and oxygen atoms in total. The maximum Gasteiger partial charge on any atom is 0.340 e. The van der Waals surface area contributed by atoms with Crippen LogP contribution in [0, 0.1) is 0 Å². The lowest BCUT2D eigenvalue weighted by Crippen LogP contribution is -2.16. The Kier molecular flexibility index (Phi) is 9.73. The molecule has 0 spiro atoms. The summed E-state index contributed by atoms with van der Waals surface area (Å²) in [5.41, 5.74) is -0.307. The highest BCUT2D eigenvalue weighted by atomic mass is 16.7. The molecule has 0 radical (unpaired) electrons. The van der Waals surface area contributed by atoms with Crippen LogP contribution in [-0.4, -0.2) is 59.4 Å². The van der Waals surface area contributed by atoms with Crippen molar-refractivity contribution in [1.82, 2.24) is 0 Å². The second-order valence-corrected chi connectivity index (χ2v) is 12.7. The summed E-state index contributed by atoms with van der Waals surface area (Å²) >= 11 is 0. The number of fused-ring (bicyclic) bond motifs is 4. The van der Waals surface area contributed by atoms with Gasteiger partial charge in [-0.15, -0.1) is 0 Å². The van der Waals surface area contributed by atoms with Crippen molar-refractivity contribution in [3.63, 3.8) is 0 Å². The Morgan fingerprint density at radius 2 is 1.02 bits per heavy atom. The van der Waals surface area contributed by atoms with Crippen molar-refractivity contribution in [2.75, 3.05) is 20.4 Å². The first-order valence-electron chi connectivity index (χ1n) is 17.4. The van der Waals surface area contributed by atoms with Crippen LogP contribution in [0.4, 0.5) is 0 Å². The maximum atomic E-state index is 15.1. The average Bonchev–Trinajstić information content (AvgIpc) is 3.84. The first-order valence-corrected chi connectivity index (χ1v) is 17.4. The summed E-state index contributed by atoms with van der Waals surface area (Å²) in [7, 11) is 0. The molecule has 5 aromatic carbocycles. The smallest absolute Gasteiger partial charge is 0.340 e. The second kappa shape index (κ2) is 15.3. The number of hydrogen-bond donors (Lipinski definition) is 3. The van der Waals surface area contributed by atoms with Crippen LogP contribution in [0.25, 0.3) is 0 Å². The molecule has 0 atom stereocenters. The molecule has 3 aliphatic rings. The highest BCUT2D eigenvalue weighted by Crippen LogP contribution is 2.48. The van der Waals surface area contributed by atoms with Crippen LogP contribution in [0.1, 0.15) is 50.2 Å². The van der Waals surface area contributed by atoms with E-state index in [0.29, 0.717) is 39.9 Å². The third-order valence-corrected chi connectivity index (χ3v) is 9.05. The number of carboxylic acids is 3. The Morgan fingerprint density at radius 1 is 0.509 bits per heavy atom. The van der Waals surface area contributed by atoms with Gasteiger partial charge in [-0.3, -0.25) is 14.4 Å². The SMILES string of the molecule is O=C(O)CCc1cc2c(cc1Oc1cccc(C(=O)c3c(Oc4cc5c(cc4CCC(=O)O)OCO5)ccc4c3Oc3ccccc3OCO4)c1C(=O)O)OCO2. The molecule has 0 aliphatic carbocycles. The molecule has 0 amide bonds. The molecule has 16 heteroatoms. The summed E-state index contributed by atoms with van der Waals surface area (Å²) in [6.07, 6.45) is -0.484. The minimum atomic E-state index is -1.52. The number of aryl methyl sites for hydroxylation is 2. The average molecular weight is 779 g/mol. The lowest BCUT2D eigenvalue weighted by atomic mass is 9.95. The number of benzene rings is 5. The topological polar surface area (TPSA) is 212 Å². The number of aliphatic carboxylic acids is 2. The molecule has 0 aromatic heterocycles. The van der Waals surface area contributed by atoms with E-state index in [1.165, 1.54) is 42.5 Å². The lowest BCUT2D eigenvalue weighted by Gasteiger charge is -2.23. The van der Waals surface area contributed by atoms with E-state index in [2.05, 4.69) is 0 Å². The predicted octanol–water partition coefficient (Wildman–Crippen LogP) is 7.21. The number of ether oxygens (including phenoxy) is 9. The summed E-state index contributed by atoms with van der Waals surface area (Å²) < 4.78 is 52.5. The third-order valence-electron chi connectivity index (χ3n) is 9.05. The molecule has 3 N–H and O–H groups in total. The Bertz CT molecular complexity index is 2450. The molecular weight excluding hydrogens is 748 g/mol. The maximum absolute atomic E-state index is 15.1. The van der Waals surface area contributed by atoms with Crippen molar-refractivity contribution in [2.24, 2.45) is 0 Å². The summed E-state index contributed by atoms with van der Waals surface area (Å²) in [6, 6.07) is 19.8. The van der Waals surface area contributed by atoms with Gasteiger partial charge in [0.05, 0.1) is 0 Å². The Morgan fingerprint density at radius 3 is 1.58 bits per heavy atom. The van der Waals surface area contributed by atoms with E-state index >= 15 is 4.79 Å². The van der Waals surface area contributed by atoms with Gasteiger partial charge in [0.2, 0.25) is 26.2 Å². The largest absolute Gasteiger partial charge is 0.481 e. The number of rotatable bonds is 13. The number of hydrogen-bond acceptors (Lipinski definition) is 13. The Labute approximate surface area is 322 Å². The number of aromatic carboxylic acids is 1. The molecular formula is C41H30O16. The van der Waals surface area contributed by atoms with Crippen LogP contribution in [-0.2, 0) is 22.4 Å². The third kappa shape index (κ3) is 7.43. The molecule has 8 rings (SSSR count). The minimum Gasteiger partial charge on any atom is -0.481 e. The van der Waals surface area contributed by atoms with E-state index in [1.54, 1.807) is 36.4 Å². The number of ketones is 1. The molecule has 5 aromatic rings. The van der Waals surface area contributed by atoms with Crippen molar-refractivity contribution < 1.29 is 77.1 Å². The quantitative estimate of drug-likeness (QED) is 0.101. The van der Waals surface area contributed by atoms with E-state index in [1.807, 2.05) is 0 Å². The minimum absolute atomic E-state index is 0.00994. The van der Waals surface area contributed by atoms with Crippen LogP contribution in [0.2, 0.25) is 0 Å². The Balaban J connectivity index is 1.27. The second-order valence-electron chi connectivity index (χ2n) is 12.7. The molecule has 0 fully saturated rings. The van der Waals surface area contributed by atoms with Crippen LogP contribution in [0.15, 0.2) is 78.9 Å². The number of carbonyl (C=O) groups excluding carboxylic acids is 1. The van der Waals surface area contributed by atoms with E-state index in [-0.39, 0.29) is 97.4 Å². The van der Waals surface area contributed by atoms with Crippen LogP contribution in [0.3, 0.4) is 0 Å². The number of carboxylic acid groups (broad SMARTS) is 3. The van der Waals surface area contributed by atoms with Gasteiger partial charge in [0.15, 0.2) is 46.0 Å². The summed E-state index contributed by atoms with van der Waals surface area (Å²) in [6.45, 7) is -0.425. The van der Waals surface area contributed by atoms with Gasteiger partial charge in [-0.05, 0) is 72.5 Å². The van der Waals surface area contributed by atoms with Gasteiger partial charge in [0.25, 0.3) is 0 Å².